The fourth-order valence-corrected chi connectivity index (χ4v) is 3.93. The van der Waals surface area contributed by atoms with Crippen molar-refractivity contribution in [3.63, 3.8) is 0 Å². The van der Waals surface area contributed by atoms with E-state index in [1.54, 1.807) is 94.4 Å². The van der Waals surface area contributed by atoms with Crippen LogP contribution in [0.3, 0.4) is 0 Å². The number of allylic oxidation sites excluding steroid dienone is 1. The van der Waals surface area contributed by atoms with Crippen molar-refractivity contribution >= 4 is 35.7 Å². The number of amides is 1. The maximum absolute atomic E-state index is 12.6. The summed E-state index contributed by atoms with van der Waals surface area (Å²) in [5.74, 6) is -2.08. The summed E-state index contributed by atoms with van der Waals surface area (Å²) in [6.45, 7) is 6.98. The number of carbonyl (C=O) groups excluding carboxylic acids is 4. The van der Waals surface area contributed by atoms with Crippen molar-refractivity contribution in [2.45, 2.75) is 34.3 Å². The van der Waals surface area contributed by atoms with Gasteiger partial charge in [-0.05, 0) is 98.5 Å². The van der Waals surface area contributed by atoms with E-state index in [9.17, 15) is 19.2 Å². The molecule has 0 radical (unpaired) electrons. The molecular weight excluding hydrogens is 550 g/mol. The van der Waals surface area contributed by atoms with Crippen LogP contribution in [0.15, 0.2) is 78.5 Å². The van der Waals surface area contributed by atoms with Crippen LogP contribution in [-0.4, -0.2) is 36.3 Å². The van der Waals surface area contributed by atoms with Gasteiger partial charge in [0.2, 0.25) is 5.91 Å². The van der Waals surface area contributed by atoms with Crippen LogP contribution >= 0.6 is 0 Å². The van der Waals surface area contributed by atoms with Crippen molar-refractivity contribution < 1.29 is 33.4 Å². The summed E-state index contributed by atoms with van der Waals surface area (Å²) in [6, 6.07) is 16.2. The molecule has 0 saturated heterocycles. The minimum Gasteiger partial charge on any atom is -0.462 e. The maximum atomic E-state index is 12.6. The van der Waals surface area contributed by atoms with Gasteiger partial charge < -0.3 is 25.3 Å². The van der Waals surface area contributed by atoms with Crippen molar-refractivity contribution in [3.05, 3.63) is 117 Å². The first-order valence-electron chi connectivity index (χ1n) is 13.4. The molecule has 10 heteroatoms. The van der Waals surface area contributed by atoms with Crippen LogP contribution in [-0.2, 0) is 25.7 Å². The molecule has 0 unspecified atom stereocenters. The van der Waals surface area contributed by atoms with E-state index in [4.69, 9.17) is 25.4 Å². The Morgan fingerprint density at radius 2 is 1.63 bits per heavy atom. The molecule has 0 atom stereocenters. The lowest BCUT2D eigenvalue weighted by atomic mass is 10.0. The first-order valence-corrected chi connectivity index (χ1v) is 13.4. The van der Waals surface area contributed by atoms with Gasteiger partial charge in [-0.3, -0.25) is 10.2 Å². The zero-order valence-corrected chi connectivity index (χ0v) is 24.4. The second-order valence-electron chi connectivity index (χ2n) is 9.31. The predicted octanol–water partition coefficient (Wildman–Crippen LogP) is 4.76. The summed E-state index contributed by atoms with van der Waals surface area (Å²) >= 11 is 0. The van der Waals surface area contributed by atoms with Crippen LogP contribution in [0.25, 0.3) is 6.08 Å². The van der Waals surface area contributed by atoms with Crippen molar-refractivity contribution in [1.29, 1.82) is 5.41 Å². The summed E-state index contributed by atoms with van der Waals surface area (Å²) in [4.78, 5) is 49.9. The molecule has 1 amide bonds. The van der Waals surface area contributed by atoms with Gasteiger partial charge in [-0.15, -0.1) is 0 Å². The number of benzene rings is 3. The molecule has 0 bridgehead atoms. The molecule has 43 heavy (non-hydrogen) atoms. The van der Waals surface area contributed by atoms with Crippen molar-refractivity contribution in [3.8, 4) is 5.75 Å². The van der Waals surface area contributed by atoms with Gasteiger partial charge in [0.25, 0.3) is 0 Å². The minimum absolute atomic E-state index is 0.0417. The molecule has 0 aromatic heterocycles. The third-order valence-corrected chi connectivity index (χ3v) is 6.36. The molecule has 0 fully saturated rings. The maximum Gasteiger partial charge on any atom is 0.354 e. The average Bonchev–Trinajstić information content (AvgIpc) is 2.98. The van der Waals surface area contributed by atoms with Gasteiger partial charge >= 0.3 is 17.9 Å². The number of nitrogens with one attached hydrogen (secondary N) is 2. The van der Waals surface area contributed by atoms with Crippen LogP contribution in [0.1, 0.15) is 62.4 Å². The molecule has 0 heterocycles. The molecule has 10 nitrogen and oxygen atoms in total. The number of nitrogen functional groups attached to an aromatic ring is 1. The Kier molecular flexibility index (Phi) is 11.1. The Labute approximate surface area is 249 Å². The zero-order chi connectivity index (χ0) is 31.5. The predicted molar refractivity (Wildman–Crippen MR) is 161 cm³/mol. The van der Waals surface area contributed by atoms with E-state index in [0.29, 0.717) is 39.1 Å². The van der Waals surface area contributed by atoms with Gasteiger partial charge in [0.05, 0.1) is 17.7 Å². The van der Waals surface area contributed by atoms with Gasteiger partial charge in [0.15, 0.2) is 0 Å². The third kappa shape index (κ3) is 8.74. The van der Waals surface area contributed by atoms with Crippen LogP contribution in [0, 0.1) is 19.3 Å². The Bertz CT molecular complexity index is 1610. The fraction of sp³-hybridized carbons (Fsp3) is 0.182. The van der Waals surface area contributed by atoms with E-state index in [0.717, 1.165) is 5.56 Å². The standard InChI is InChI=1S/C33H33N3O7/c1-5-28(33(40)42-19-25-8-7-9-27(21(25)4)32(39)41-6-2)36-29(37)17-14-22-10-11-24(18-20(22)3)31(38)43-26-15-12-23(13-16-26)30(34)35/h5,7-18H,6,19H2,1-4H3,(H3,34,35)(H,36,37)/b17-14+,28-5+. The third-order valence-electron chi connectivity index (χ3n) is 6.36. The van der Waals surface area contributed by atoms with E-state index in [1.807, 2.05) is 0 Å². The van der Waals surface area contributed by atoms with Crippen LogP contribution in [0.5, 0.6) is 5.75 Å². The number of nitrogens with two attached hydrogens (primary N) is 1. The highest BCUT2D eigenvalue weighted by Gasteiger charge is 2.16. The number of rotatable bonds is 11. The highest BCUT2D eigenvalue weighted by atomic mass is 16.5. The number of ether oxygens (including phenoxy) is 3. The number of carbonyl (C=O) groups is 4. The zero-order valence-electron chi connectivity index (χ0n) is 24.4. The van der Waals surface area contributed by atoms with Crippen LogP contribution in [0.4, 0.5) is 0 Å². The molecule has 0 aliphatic carbocycles. The number of amidine groups is 1. The number of aryl methyl sites for hydroxylation is 1. The van der Waals surface area contributed by atoms with Gasteiger partial charge in [-0.25, -0.2) is 14.4 Å². The summed E-state index contributed by atoms with van der Waals surface area (Å²) in [5, 5.41) is 9.94. The topological polar surface area (TPSA) is 158 Å². The molecule has 0 aliphatic rings. The smallest absolute Gasteiger partial charge is 0.354 e. The summed E-state index contributed by atoms with van der Waals surface area (Å²) in [7, 11) is 0. The molecule has 3 aromatic rings. The number of esters is 3. The van der Waals surface area contributed by atoms with Crippen molar-refractivity contribution in [1.82, 2.24) is 5.32 Å². The second kappa shape index (κ2) is 14.9. The summed E-state index contributed by atoms with van der Waals surface area (Å²) in [5.41, 5.74) is 9.29. The summed E-state index contributed by atoms with van der Waals surface area (Å²) in [6.07, 6.45) is 4.25. The van der Waals surface area contributed by atoms with E-state index in [1.165, 1.54) is 12.2 Å². The molecule has 222 valence electrons. The number of hydrogen-bond donors (Lipinski definition) is 3. The van der Waals surface area contributed by atoms with E-state index in [2.05, 4.69) is 5.32 Å². The molecule has 3 aromatic carbocycles. The first kappa shape index (κ1) is 32.0. The Morgan fingerprint density at radius 1 is 0.930 bits per heavy atom. The average molecular weight is 584 g/mol. The second-order valence-corrected chi connectivity index (χ2v) is 9.31. The lowest BCUT2D eigenvalue weighted by Gasteiger charge is -2.12. The highest BCUT2D eigenvalue weighted by molar-refractivity contribution is 6.00. The molecule has 0 saturated carbocycles. The SMILES string of the molecule is C/C=C(/NC(=O)/C=C/c1ccc(C(=O)Oc2ccc(C(=N)N)cc2)cc1C)C(=O)OCc1cccc(C(=O)OCC)c1C. The molecule has 0 aliphatic heterocycles. The van der Waals surface area contributed by atoms with E-state index >= 15 is 0 Å². The van der Waals surface area contributed by atoms with E-state index < -0.39 is 23.8 Å². The largest absolute Gasteiger partial charge is 0.462 e. The first-order chi connectivity index (χ1) is 20.5. The monoisotopic (exact) mass is 583 g/mol. The van der Waals surface area contributed by atoms with Gasteiger partial charge in [0, 0.05) is 11.6 Å². The Morgan fingerprint density at radius 3 is 2.26 bits per heavy atom. The molecule has 3 rings (SSSR count). The Hall–Kier alpha value is -5.51. The van der Waals surface area contributed by atoms with Crippen LogP contribution < -0.4 is 15.8 Å². The highest BCUT2D eigenvalue weighted by Crippen LogP contribution is 2.18. The molecule has 0 spiro atoms. The molecular formula is C33H33N3O7. The molecule has 4 N–H and O–H groups in total. The van der Waals surface area contributed by atoms with Gasteiger partial charge in [-0.2, -0.15) is 0 Å². The van der Waals surface area contributed by atoms with Crippen LogP contribution in [0.2, 0.25) is 0 Å². The van der Waals surface area contributed by atoms with E-state index in [-0.39, 0.29) is 24.7 Å². The van der Waals surface area contributed by atoms with Gasteiger partial charge in [-0.1, -0.05) is 24.3 Å². The minimum atomic E-state index is -0.736. The lowest BCUT2D eigenvalue weighted by Crippen LogP contribution is -2.27. The van der Waals surface area contributed by atoms with Gasteiger partial charge in [0.1, 0.15) is 23.9 Å². The summed E-state index contributed by atoms with van der Waals surface area (Å²) < 4.78 is 15.8. The van der Waals surface area contributed by atoms with Crippen molar-refractivity contribution in [2.24, 2.45) is 5.73 Å². The van der Waals surface area contributed by atoms with Crippen molar-refractivity contribution in [2.75, 3.05) is 6.61 Å². The Balaban J connectivity index is 1.58. The fourth-order valence-electron chi connectivity index (χ4n) is 3.93. The number of hydrogen-bond acceptors (Lipinski definition) is 8. The lowest BCUT2D eigenvalue weighted by molar-refractivity contribution is -0.141. The quantitative estimate of drug-likeness (QED) is 0.0958. The normalized spacial score (nSPS) is 11.1.